The first-order chi connectivity index (χ1) is 11.1. The lowest BCUT2D eigenvalue weighted by atomic mass is 10.2. The van der Waals surface area contributed by atoms with Gasteiger partial charge in [-0.3, -0.25) is 4.79 Å². The van der Waals surface area contributed by atoms with Gasteiger partial charge in [-0.2, -0.15) is 0 Å². The Morgan fingerprint density at radius 2 is 2.00 bits per heavy atom. The number of carbonyl (C=O) groups excluding carboxylic acids is 1. The van der Waals surface area contributed by atoms with Gasteiger partial charge in [0.2, 0.25) is 0 Å². The monoisotopic (exact) mass is 349 g/mol. The minimum atomic E-state index is -0.353. The van der Waals surface area contributed by atoms with Crippen LogP contribution in [0.4, 0.5) is 10.1 Å². The number of hydrogen-bond acceptors (Lipinski definition) is 3. The summed E-state index contributed by atoms with van der Waals surface area (Å²) in [7, 11) is 0. The number of halogens is 2. The van der Waals surface area contributed by atoms with Gasteiger partial charge in [-0.15, -0.1) is 11.3 Å². The van der Waals surface area contributed by atoms with Crippen LogP contribution in [0, 0.1) is 5.82 Å². The molecule has 1 N–H and O–H groups in total. The molecular weight excluding hydrogens is 337 g/mol. The molecule has 118 valence electrons. The molecule has 6 heteroatoms. The van der Waals surface area contributed by atoms with E-state index < -0.39 is 0 Å². The number of amides is 1. The molecule has 3 aromatic rings. The van der Waals surface area contributed by atoms with E-state index in [-0.39, 0.29) is 11.7 Å². The van der Waals surface area contributed by atoms with Crippen LogP contribution in [0.2, 0.25) is 5.02 Å². The number of ether oxygens (including phenoxy) is 1. The van der Waals surface area contributed by atoms with Gasteiger partial charge in [-0.05, 0) is 49.4 Å². The van der Waals surface area contributed by atoms with Crippen LogP contribution in [0.1, 0.15) is 16.6 Å². The van der Waals surface area contributed by atoms with Gasteiger partial charge < -0.3 is 10.1 Å². The normalized spacial score (nSPS) is 10.7. The van der Waals surface area contributed by atoms with Gasteiger partial charge in [0.25, 0.3) is 5.91 Å². The molecule has 0 atom stereocenters. The molecule has 0 saturated heterocycles. The topological polar surface area (TPSA) is 38.3 Å². The highest BCUT2D eigenvalue weighted by Crippen LogP contribution is 2.36. The molecule has 0 unspecified atom stereocenters. The molecule has 0 fully saturated rings. The Morgan fingerprint density at radius 3 is 2.70 bits per heavy atom. The minimum absolute atomic E-state index is 0.319. The smallest absolute Gasteiger partial charge is 0.267 e. The van der Waals surface area contributed by atoms with Crippen molar-refractivity contribution in [2.45, 2.75) is 6.92 Å². The van der Waals surface area contributed by atoms with Gasteiger partial charge in [0.15, 0.2) is 0 Å². The van der Waals surface area contributed by atoms with Crippen molar-refractivity contribution in [2.24, 2.45) is 0 Å². The predicted octanol–water partition coefficient (Wildman–Crippen LogP) is 5.34. The number of rotatable bonds is 4. The molecule has 23 heavy (non-hydrogen) atoms. The third-order valence-corrected chi connectivity index (χ3v) is 4.88. The van der Waals surface area contributed by atoms with Crippen LogP contribution in [-0.2, 0) is 0 Å². The van der Waals surface area contributed by atoms with Crippen molar-refractivity contribution < 1.29 is 13.9 Å². The van der Waals surface area contributed by atoms with Crippen molar-refractivity contribution >= 4 is 44.6 Å². The summed E-state index contributed by atoms with van der Waals surface area (Å²) in [5, 5.41) is 3.80. The number of anilines is 1. The van der Waals surface area contributed by atoms with Crippen molar-refractivity contribution in [3.8, 4) is 5.75 Å². The lowest BCUT2D eigenvalue weighted by Gasteiger charge is -2.06. The molecule has 0 saturated carbocycles. The number of fused-ring (bicyclic) bond motifs is 1. The van der Waals surface area contributed by atoms with E-state index in [1.807, 2.05) is 6.92 Å². The van der Waals surface area contributed by atoms with Crippen LogP contribution < -0.4 is 10.1 Å². The van der Waals surface area contributed by atoms with Gasteiger partial charge in [-0.25, -0.2) is 4.39 Å². The highest BCUT2D eigenvalue weighted by atomic mass is 35.5. The van der Waals surface area contributed by atoms with Crippen LogP contribution in [-0.4, -0.2) is 12.5 Å². The van der Waals surface area contributed by atoms with Gasteiger partial charge in [0.1, 0.15) is 16.4 Å². The molecule has 3 rings (SSSR count). The van der Waals surface area contributed by atoms with Crippen LogP contribution in [0.3, 0.4) is 0 Å². The van der Waals surface area contributed by atoms with E-state index in [2.05, 4.69) is 5.32 Å². The number of carbonyl (C=O) groups is 1. The summed E-state index contributed by atoms with van der Waals surface area (Å²) in [4.78, 5) is 12.8. The summed E-state index contributed by atoms with van der Waals surface area (Å²) in [6, 6.07) is 11.3. The maximum absolute atomic E-state index is 13.3. The maximum Gasteiger partial charge on any atom is 0.267 e. The summed E-state index contributed by atoms with van der Waals surface area (Å²) >= 11 is 7.41. The number of hydrogen-bond donors (Lipinski definition) is 1. The van der Waals surface area contributed by atoms with E-state index in [0.29, 0.717) is 32.3 Å². The largest absolute Gasteiger partial charge is 0.494 e. The average Bonchev–Trinajstić information content (AvgIpc) is 2.86. The van der Waals surface area contributed by atoms with E-state index in [4.69, 9.17) is 16.3 Å². The molecule has 3 nitrogen and oxygen atoms in total. The Hall–Kier alpha value is -2.11. The van der Waals surface area contributed by atoms with E-state index >= 15 is 0 Å². The van der Waals surface area contributed by atoms with Crippen molar-refractivity contribution in [1.29, 1.82) is 0 Å². The quantitative estimate of drug-likeness (QED) is 0.690. The highest BCUT2D eigenvalue weighted by molar-refractivity contribution is 7.21. The van der Waals surface area contributed by atoms with Crippen molar-refractivity contribution in [2.75, 3.05) is 11.9 Å². The SMILES string of the molecule is CCOc1ccc(NC(=O)c2sc3cc(F)ccc3c2Cl)cc1. The first-order valence-corrected chi connectivity index (χ1v) is 8.19. The zero-order valence-electron chi connectivity index (χ0n) is 12.2. The molecule has 1 aromatic heterocycles. The molecule has 0 aliphatic heterocycles. The zero-order chi connectivity index (χ0) is 16.4. The van der Waals surface area contributed by atoms with Gasteiger partial charge in [0, 0.05) is 15.8 Å². The molecular formula is C17H13ClFNO2S. The summed E-state index contributed by atoms with van der Waals surface area (Å²) in [6.07, 6.45) is 0. The molecule has 1 heterocycles. The van der Waals surface area contributed by atoms with E-state index in [9.17, 15) is 9.18 Å². The van der Waals surface area contributed by atoms with Gasteiger partial charge in [0.05, 0.1) is 11.6 Å². The predicted molar refractivity (Wildman–Crippen MR) is 92.4 cm³/mol. The molecule has 0 spiro atoms. The number of nitrogens with one attached hydrogen (secondary N) is 1. The summed E-state index contributed by atoms with van der Waals surface area (Å²) in [5.41, 5.74) is 0.637. The summed E-state index contributed by atoms with van der Waals surface area (Å²) in [6.45, 7) is 2.49. The van der Waals surface area contributed by atoms with Crippen molar-refractivity contribution in [3.63, 3.8) is 0 Å². The third-order valence-electron chi connectivity index (χ3n) is 3.22. The Kier molecular flexibility index (Phi) is 4.50. The molecule has 0 bridgehead atoms. The molecule has 1 amide bonds. The van der Waals surface area contributed by atoms with E-state index in [1.54, 1.807) is 30.3 Å². The van der Waals surface area contributed by atoms with E-state index in [1.165, 1.54) is 23.5 Å². The second-order valence-corrected chi connectivity index (χ2v) is 6.23. The summed E-state index contributed by atoms with van der Waals surface area (Å²) < 4.78 is 19.3. The fraction of sp³-hybridized carbons (Fsp3) is 0.118. The zero-order valence-corrected chi connectivity index (χ0v) is 13.8. The fourth-order valence-electron chi connectivity index (χ4n) is 2.17. The Labute approximate surface area is 141 Å². The first-order valence-electron chi connectivity index (χ1n) is 7.00. The van der Waals surface area contributed by atoms with Gasteiger partial charge >= 0.3 is 0 Å². The van der Waals surface area contributed by atoms with Crippen LogP contribution >= 0.6 is 22.9 Å². The average molecular weight is 350 g/mol. The highest BCUT2D eigenvalue weighted by Gasteiger charge is 2.17. The van der Waals surface area contributed by atoms with Crippen LogP contribution in [0.15, 0.2) is 42.5 Å². The molecule has 2 aromatic carbocycles. The Bertz CT molecular complexity index is 861. The van der Waals surface area contributed by atoms with Crippen molar-refractivity contribution in [1.82, 2.24) is 0 Å². The van der Waals surface area contributed by atoms with E-state index in [0.717, 1.165) is 5.75 Å². The minimum Gasteiger partial charge on any atom is -0.494 e. The number of thiophene rings is 1. The fourth-order valence-corrected chi connectivity index (χ4v) is 3.61. The van der Waals surface area contributed by atoms with Crippen LogP contribution in [0.25, 0.3) is 10.1 Å². The van der Waals surface area contributed by atoms with Crippen LogP contribution in [0.5, 0.6) is 5.75 Å². The molecule has 0 aliphatic carbocycles. The second kappa shape index (κ2) is 6.56. The number of benzene rings is 2. The Morgan fingerprint density at radius 1 is 1.26 bits per heavy atom. The first kappa shape index (κ1) is 15.8. The van der Waals surface area contributed by atoms with Gasteiger partial charge in [-0.1, -0.05) is 11.6 Å². The maximum atomic E-state index is 13.3. The lowest BCUT2D eigenvalue weighted by molar-refractivity contribution is 0.103. The standard InChI is InChI=1S/C17H13ClFNO2S/c1-2-22-12-6-4-11(5-7-12)20-17(21)16-15(18)13-8-3-10(19)9-14(13)23-16/h3-9H,2H2,1H3,(H,20,21). The Balaban J connectivity index is 1.84. The lowest BCUT2D eigenvalue weighted by Crippen LogP contribution is -2.10. The summed E-state index contributed by atoms with van der Waals surface area (Å²) in [5.74, 6) is 0.0653. The molecule has 0 radical (unpaired) electrons. The third kappa shape index (κ3) is 3.30. The van der Waals surface area contributed by atoms with Crippen molar-refractivity contribution in [3.05, 3.63) is 58.2 Å². The second-order valence-electron chi connectivity index (χ2n) is 4.80. The molecule has 0 aliphatic rings.